The van der Waals surface area contributed by atoms with Gasteiger partial charge in [-0.25, -0.2) is 0 Å². The van der Waals surface area contributed by atoms with Crippen LogP contribution < -0.4 is 5.32 Å². The lowest BCUT2D eigenvalue weighted by Crippen LogP contribution is -2.37. The monoisotopic (exact) mass is 261 g/mol. The number of hydrogen-bond donors (Lipinski definition) is 1. The van der Waals surface area contributed by atoms with Crippen LogP contribution in [-0.2, 0) is 18.3 Å². The molecule has 1 heterocycles. The second-order valence-corrected chi connectivity index (χ2v) is 6.13. The van der Waals surface area contributed by atoms with Gasteiger partial charge in [0.25, 0.3) is 0 Å². The van der Waals surface area contributed by atoms with E-state index in [4.69, 9.17) is 0 Å². The smallest absolute Gasteiger partial charge is 0.220 e. The molecule has 1 aromatic rings. The van der Waals surface area contributed by atoms with E-state index in [0.717, 1.165) is 23.8 Å². The lowest BCUT2D eigenvalue weighted by atomic mass is 9.97. The molecular formula is C15H23N3O. The molecule has 2 saturated carbocycles. The molecule has 1 N–H and O–H groups in total. The van der Waals surface area contributed by atoms with Gasteiger partial charge in [-0.3, -0.25) is 9.48 Å². The van der Waals surface area contributed by atoms with E-state index in [2.05, 4.69) is 10.4 Å². The minimum absolute atomic E-state index is 0.210. The number of carbonyl (C=O) groups is 1. The fraction of sp³-hybridized carbons (Fsp3) is 0.733. The third-order valence-electron chi connectivity index (χ3n) is 4.83. The average molecular weight is 261 g/mol. The van der Waals surface area contributed by atoms with Crippen molar-refractivity contribution in [3.05, 3.63) is 18.0 Å². The molecule has 1 amide bonds. The number of rotatable bonds is 4. The zero-order chi connectivity index (χ0) is 13.2. The first-order chi connectivity index (χ1) is 9.22. The SMILES string of the molecule is Cn1cc(CCC(=O)NC2CCC3CCCC32)cn1. The summed E-state index contributed by atoms with van der Waals surface area (Å²) in [6, 6.07) is 0.453. The van der Waals surface area contributed by atoms with Crippen molar-refractivity contribution in [2.45, 2.75) is 51.0 Å². The van der Waals surface area contributed by atoms with E-state index >= 15 is 0 Å². The Balaban J connectivity index is 1.46. The average Bonchev–Trinajstić information content (AvgIpc) is 3.05. The zero-order valence-corrected chi connectivity index (χ0v) is 11.6. The maximum absolute atomic E-state index is 12.0. The summed E-state index contributed by atoms with van der Waals surface area (Å²) in [5.74, 6) is 1.87. The molecule has 0 aliphatic heterocycles. The maximum atomic E-state index is 12.0. The molecule has 2 aliphatic carbocycles. The lowest BCUT2D eigenvalue weighted by Gasteiger charge is -2.19. The molecule has 2 fully saturated rings. The fourth-order valence-electron chi connectivity index (χ4n) is 3.88. The summed E-state index contributed by atoms with van der Waals surface area (Å²) >= 11 is 0. The second kappa shape index (κ2) is 5.35. The Bertz CT molecular complexity index is 454. The predicted molar refractivity (Wildman–Crippen MR) is 73.5 cm³/mol. The van der Waals surface area contributed by atoms with E-state index in [9.17, 15) is 4.79 Å². The van der Waals surface area contributed by atoms with E-state index in [-0.39, 0.29) is 5.91 Å². The Morgan fingerprint density at radius 1 is 1.42 bits per heavy atom. The van der Waals surface area contributed by atoms with Gasteiger partial charge in [0.05, 0.1) is 6.20 Å². The van der Waals surface area contributed by atoms with Crippen LogP contribution in [0.1, 0.15) is 44.1 Å². The summed E-state index contributed by atoms with van der Waals surface area (Å²) in [6.45, 7) is 0. The van der Waals surface area contributed by atoms with Gasteiger partial charge in [0.15, 0.2) is 0 Å². The fourth-order valence-corrected chi connectivity index (χ4v) is 3.88. The first-order valence-electron chi connectivity index (χ1n) is 7.49. The Morgan fingerprint density at radius 2 is 2.32 bits per heavy atom. The number of amides is 1. The molecule has 4 heteroatoms. The van der Waals surface area contributed by atoms with Crippen molar-refractivity contribution >= 4 is 5.91 Å². The summed E-state index contributed by atoms with van der Waals surface area (Å²) < 4.78 is 1.79. The van der Waals surface area contributed by atoms with E-state index in [1.165, 1.54) is 32.1 Å². The van der Waals surface area contributed by atoms with Crippen LogP contribution in [0.3, 0.4) is 0 Å². The van der Waals surface area contributed by atoms with Crippen molar-refractivity contribution in [3.8, 4) is 0 Å². The van der Waals surface area contributed by atoms with Crippen molar-refractivity contribution in [3.63, 3.8) is 0 Å². The predicted octanol–water partition coefficient (Wildman–Crippen LogP) is 2.05. The molecular weight excluding hydrogens is 238 g/mol. The summed E-state index contributed by atoms with van der Waals surface area (Å²) in [5, 5.41) is 7.39. The number of nitrogens with one attached hydrogen (secondary N) is 1. The highest BCUT2D eigenvalue weighted by atomic mass is 16.1. The highest BCUT2D eigenvalue weighted by Crippen LogP contribution is 2.43. The summed E-state index contributed by atoms with van der Waals surface area (Å²) in [6.07, 6.45) is 11.8. The van der Waals surface area contributed by atoms with E-state index < -0.39 is 0 Å². The minimum Gasteiger partial charge on any atom is -0.353 e. The summed E-state index contributed by atoms with van der Waals surface area (Å²) in [7, 11) is 1.91. The normalized spacial score (nSPS) is 29.4. The number of carbonyl (C=O) groups excluding carboxylic acids is 1. The molecule has 3 rings (SSSR count). The molecule has 0 spiro atoms. The van der Waals surface area contributed by atoms with E-state index in [1.807, 2.05) is 19.4 Å². The van der Waals surface area contributed by atoms with Crippen LogP contribution in [0.25, 0.3) is 0 Å². The van der Waals surface area contributed by atoms with Gasteiger partial charge < -0.3 is 5.32 Å². The van der Waals surface area contributed by atoms with Gasteiger partial charge in [-0.15, -0.1) is 0 Å². The van der Waals surface area contributed by atoms with E-state index in [0.29, 0.717) is 12.5 Å². The van der Waals surface area contributed by atoms with Crippen LogP contribution in [0.4, 0.5) is 0 Å². The van der Waals surface area contributed by atoms with Crippen LogP contribution >= 0.6 is 0 Å². The maximum Gasteiger partial charge on any atom is 0.220 e. The van der Waals surface area contributed by atoms with Gasteiger partial charge in [0.2, 0.25) is 5.91 Å². The third-order valence-corrected chi connectivity index (χ3v) is 4.83. The number of fused-ring (bicyclic) bond motifs is 1. The second-order valence-electron chi connectivity index (χ2n) is 6.13. The molecule has 0 radical (unpaired) electrons. The number of nitrogens with zero attached hydrogens (tertiary/aromatic N) is 2. The van der Waals surface area contributed by atoms with Gasteiger partial charge in [0.1, 0.15) is 0 Å². The molecule has 1 aromatic heterocycles. The molecule has 0 aromatic carbocycles. The molecule has 4 nitrogen and oxygen atoms in total. The van der Waals surface area contributed by atoms with Crippen molar-refractivity contribution in [1.82, 2.24) is 15.1 Å². The third kappa shape index (κ3) is 2.82. The molecule has 2 aliphatic rings. The quantitative estimate of drug-likeness (QED) is 0.901. The largest absolute Gasteiger partial charge is 0.353 e. The van der Waals surface area contributed by atoms with Crippen molar-refractivity contribution in [2.24, 2.45) is 18.9 Å². The highest BCUT2D eigenvalue weighted by molar-refractivity contribution is 5.76. The minimum atomic E-state index is 0.210. The van der Waals surface area contributed by atoms with Crippen LogP contribution in [0.2, 0.25) is 0 Å². The Kier molecular flexibility index (Phi) is 3.58. The molecule has 0 saturated heterocycles. The number of aryl methyl sites for hydroxylation is 2. The Morgan fingerprint density at radius 3 is 3.11 bits per heavy atom. The summed E-state index contributed by atoms with van der Waals surface area (Å²) in [5.41, 5.74) is 1.14. The van der Waals surface area contributed by atoms with Gasteiger partial charge in [-0.05, 0) is 43.1 Å². The van der Waals surface area contributed by atoms with Gasteiger partial charge in [0, 0.05) is 25.7 Å². The molecule has 19 heavy (non-hydrogen) atoms. The summed E-state index contributed by atoms with van der Waals surface area (Å²) in [4.78, 5) is 12.0. The molecule has 3 atom stereocenters. The van der Waals surface area contributed by atoms with Crippen molar-refractivity contribution in [1.29, 1.82) is 0 Å². The zero-order valence-electron chi connectivity index (χ0n) is 11.6. The number of hydrogen-bond acceptors (Lipinski definition) is 2. The van der Waals surface area contributed by atoms with Gasteiger partial charge >= 0.3 is 0 Å². The van der Waals surface area contributed by atoms with Crippen molar-refractivity contribution in [2.75, 3.05) is 0 Å². The topological polar surface area (TPSA) is 46.9 Å². The Hall–Kier alpha value is -1.32. The van der Waals surface area contributed by atoms with Crippen LogP contribution in [-0.4, -0.2) is 21.7 Å². The lowest BCUT2D eigenvalue weighted by molar-refractivity contribution is -0.122. The van der Waals surface area contributed by atoms with Crippen molar-refractivity contribution < 1.29 is 4.79 Å². The first-order valence-corrected chi connectivity index (χ1v) is 7.49. The standard InChI is InChI=1S/C15H23N3O/c1-18-10-11(9-16-18)5-8-15(19)17-14-7-6-12-3-2-4-13(12)14/h9-10,12-14H,2-8H2,1H3,(H,17,19). The first kappa shape index (κ1) is 12.7. The number of aromatic nitrogens is 2. The van der Waals surface area contributed by atoms with Gasteiger partial charge in [-0.2, -0.15) is 5.10 Å². The Labute approximate surface area is 114 Å². The van der Waals surface area contributed by atoms with Crippen LogP contribution in [0.5, 0.6) is 0 Å². The highest BCUT2D eigenvalue weighted by Gasteiger charge is 2.39. The van der Waals surface area contributed by atoms with E-state index in [1.54, 1.807) is 4.68 Å². The molecule has 3 unspecified atom stereocenters. The van der Waals surface area contributed by atoms with Crippen LogP contribution in [0.15, 0.2) is 12.4 Å². The molecule has 104 valence electrons. The molecule has 0 bridgehead atoms. The van der Waals surface area contributed by atoms with Gasteiger partial charge in [-0.1, -0.05) is 12.8 Å². The van der Waals surface area contributed by atoms with Crippen LogP contribution in [0, 0.1) is 11.8 Å².